The van der Waals surface area contributed by atoms with Crippen LogP contribution in [0.5, 0.6) is 0 Å². The molecule has 0 bridgehead atoms. The number of aliphatic imine (C=N–C) groups is 1. The number of nitro groups is 1. The Hall–Kier alpha value is -3.91. The number of hydrogen-bond acceptors (Lipinski definition) is 6. The Balaban J connectivity index is 1.65. The molecular formula is C24H19N3O4S. The molecule has 0 N–H and O–H groups in total. The average molecular weight is 446 g/mol. The number of amides is 1. The second kappa shape index (κ2) is 9.07. The molecule has 160 valence electrons. The highest BCUT2D eigenvalue weighted by Gasteiger charge is 2.33. The van der Waals surface area contributed by atoms with Crippen molar-refractivity contribution in [2.24, 2.45) is 4.99 Å². The summed E-state index contributed by atoms with van der Waals surface area (Å²) in [5, 5.41) is 11.9. The number of rotatable bonds is 6. The van der Waals surface area contributed by atoms with Crippen molar-refractivity contribution in [3.63, 3.8) is 0 Å². The summed E-state index contributed by atoms with van der Waals surface area (Å²) in [6.45, 7) is 6.05. The van der Waals surface area contributed by atoms with Crippen LogP contribution in [0.25, 0.3) is 17.4 Å². The molecule has 0 atom stereocenters. The molecule has 3 aromatic rings. The van der Waals surface area contributed by atoms with Gasteiger partial charge in [0.15, 0.2) is 5.17 Å². The van der Waals surface area contributed by atoms with Crippen LogP contribution in [0.2, 0.25) is 0 Å². The Bertz CT molecular complexity index is 1260. The van der Waals surface area contributed by atoms with Gasteiger partial charge in [-0.2, -0.15) is 0 Å². The van der Waals surface area contributed by atoms with Crippen molar-refractivity contribution in [3.05, 3.63) is 99.7 Å². The number of carbonyl (C=O) groups is 1. The highest BCUT2D eigenvalue weighted by atomic mass is 32.2. The first-order valence-electron chi connectivity index (χ1n) is 9.77. The van der Waals surface area contributed by atoms with Crippen LogP contribution in [-0.4, -0.2) is 27.4 Å². The number of nitro benzene ring substituents is 1. The number of nitrogens with zero attached hydrogens (tertiary/aromatic N) is 3. The van der Waals surface area contributed by atoms with Crippen LogP contribution in [0.4, 0.5) is 11.4 Å². The lowest BCUT2D eigenvalue weighted by atomic mass is 10.1. The van der Waals surface area contributed by atoms with Crippen molar-refractivity contribution in [1.82, 2.24) is 4.90 Å². The number of para-hydroxylation sites is 1. The zero-order chi connectivity index (χ0) is 22.7. The molecule has 1 aromatic heterocycles. The fraction of sp³-hybridized carbons (Fsp3) is 0.0833. The van der Waals surface area contributed by atoms with Crippen molar-refractivity contribution < 1.29 is 14.1 Å². The number of thioether (sulfide) groups is 1. The van der Waals surface area contributed by atoms with E-state index in [1.165, 1.54) is 17.8 Å². The van der Waals surface area contributed by atoms with Crippen molar-refractivity contribution in [2.45, 2.75) is 6.92 Å². The van der Waals surface area contributed by atoms with E-state index >= 15 is 0 Å². The minimum Gasteiger partial charge on any atom is -0.456 e. The van der Waals surface area contributed by atoms with Gasteiger partial charge in [-0.05, 0) is 49.0 Å². The summed E-state index contributed by atoms with van der Waals surface area (Å²) >= 11 is 1.25. The summed E-state index contributed by atoms with van der Waals surface area (Å²) in [5.41, 5.74) is 2.21. The van der Waals surface area contributed by atoms with Crippen LogP contribution in [0, 0.1) is 17.0 Å². The van der Waals surface area contributed by atoms with Gasteiger partial charge in [-0.1, -0.05) is 35.9 Å². The summed E-state index contributed by atoms with van der Waals surface area (Å²) < 4.78 is 5.81. The van der Waals surface area contributed by atoms with E-state index in [0.29, 0.717) is 33.7 Å². The summed E-state index contributed by atoms with van der Waals surface area (Å²) in [7, 11) is 0. The van der Waals surface area contributed by atoms with Gasteiger partial charge in [0.2, 0.25) is 0 Å². The smallest absolute Gasteiger partial charge is 0.280 e. The molecule has 8 heteroatoms. The van der Waals surface area contributed by atoms with Gasteiger partial charge in [0.25, 0.3) is 11.6 Å². The van der Waals surface area contributed by atoms with E-state index in [1.807, 2.05) is 31.2 Å². The van der Waals surface area contributed by atoms with Crippen LogP contribution in [0.1, 0.15) is 11.3 Å². The lowest BCUT2D eigenvalue weighted by molar-refractivity contribution is -0.384. The second-order valence-electron chi connectivity index (χ2n) is 7.02. The van der Waals surface area contributed by atoms with Crippen LogP contribution < -0.4 is 0 Å². The highest BCUT2D eigenvalue weighted by Crippen LogP contribution is 2.36. The van der Waals surface area contributed by atoms with Gasteiger partial charge in [0, 0.05) is 18.7 Å². The van der Waals surface area contributed by atoms with Gasteiger partial charge in [-0.25, -0.2) is 4.99 Å². The number of hydrogen-bond donors (Lipinski definition) is 0. The minimum atomic E-state index is -0.451. The first-order chi connectivity index (χ1) is 15.5. The molecule has 4 rings (SSSR count). The Morgan fingerprint density at radius 2 is 1.91 bits per heavy atom. The van der Waals surface area contributed by atoms with Crippen LogP contribution in [0.15, 0.2) is 87.6 Å². The summed E-state index contributed by atoms with van der Waals surface area (Å²) in [6, 6.07) is 17.4. The fourth-order valence-electron chi connectivity index (χ4n) is 3.16. The molecule has 0 saturated carbocycles. The molecule has 0 spiro atoms. The Labute approximate surface area is 188 Å². The molecule has 7 nitrogen and oxygen atoms in total. The average Bonchev–Trinajstić information content (AvgIpc) is 3.36. The van der Waals surface area contributed by atoms with E-state index < -0.39 is 4.92 Å². The van der Waals surface area contributed by atoms with E-state index in [9.17, 15) is 14.9 Å². The lowest BCUT2D eigenvalue weighted by Crippen LogP contribution is -2.29. The van der Waals surface area contributed by atoms with Gasteiger partial charge in [0.05, 0.1) is 21.1 Å². The largest absolute Gasteiger partial charge is 0.456 e. The van der Waals surface area contributed by atoms with E-state index in [1.54, 1.807) is 47.4 Å². The van der Waals surface area contributed by atoms with Gasteiger partial charge >= 0.3 is 0 Å². The maximum Gasteiger partial charge on any atom is 0.280 e. The number of carbonyl (C=O) groups excluding carboxylic acids is 1. The maximum atomic E-state index is 13.0. The monoisotopic (exact) mass is 445 g/mol. The first-order valence-corrected chi connectivity index (χ1v) is 10.6. The van der Waals surface area contributed by atoms with E-state index in [4.69, 9.17) is 4.42 Å². The Morgan fingerprint density at radius 3 is 2.62 bits per heavy atom. The molecule has 1 saturated heterocycles. The second-order valence-corrected chi connectivity index (χ2v) is 8.03. The summed E-state index contributed by atoms with van der Waals surface area (Å²) in [5.74, 6) is 0.574. The van der Waals surface area contributed by atoms with E-state index in [2.05, 4.69) is 11.6 Å². The fourth-order valence-corrected chi connectivity index (χ4v) is 4.14. The van der Waals surface area contributed by atoms with Gasteiger partial charge in [0.1, 0.15) is 11.5 Å². The Kier molecular flexibility index (Phi) is 6.04. The maximum absolute atomic E-state index is 13.0. The molecule has 1 aliphatic rings. The van der Waals surface area contributed by atoms with Crippen molar-refractivity contribution in [2.75, 3.05) is 6.54 Å². The topological polar surface area (TPSA) is 89.0 Å². The third-order valence-corrected chi connectivity index (χ3v) is 5.73. The SMILES string of the molecule is C=CCN1C(=O)C(=Cc2ccc(-c3ccccc3[N+](=O)[O-])o2)SC1=Nc1ccc(C)cc1. The molecule has 1 amide bonds. The summed E-state index contributed by atoms with van der Waals surface area (Å²) in [6.07, 6.45) is 3.27. The zero-order valence-corrected chi connectivity index (χ0v) is 18.0. The number of furan rings is 1. The van der Waals surface area contributed by atoms with E-state index in [0.717, 1.165) is 11.3 Å². The van der Waals surface area contributed by atoms with Gasteiger partial charge in [-0.15, -0.1) is 6.58 Å². The normalized spacial score (nSPS) is 16.2. The van der Waals surface area contributed by atoms with Crippen molar-refractivity contribution >= 4 is 40.3 Å². The highest BCUT2D eigenvalue weighted by molar-refractivity contribution is 8.18. The van der Waals surface area contributed by atoms with Crippen molar-refractivity contribution in [1.29, 1.82) is 0 Å². The van der Waals surface area contributed by atoms with E-state index in [-0.39, 0.29) is 11.6 Å². The molecule has 1 fully saturated rings. The molecule has 0 unspecified atom stereocenters. The third-order valence-electron chi connectivity index (χ3n) is 4.72. The molecule has 32 heavy (non-hydrogen) atoms. The van der Waals surface area contributed by atoms with Gasteiger partial charge in [-0.3, -0.25) is 19.8 Å². The number of benzene rings is 2. The number of amidine groups is 1. The quantitative estimate of drug-likeness (QED) is 0.202. The molecule has 0 radical (unpaired) electrons. The van der Waals surface area contributed by atoms with Crippen molar-refractivity contribution in [3.8, 4) is 11.3 Å². The lowest BCUT2D eigenvalue weighted by Gasteiger charge is -2.12. The van der Waals surface area contributed by atoms with Crippen LogP contribution in [0.3, 0.4) is 0 Å². The molecule has 2 heterocycles. The molecule has 1 aliphatic heterocycles. The van der Waals surface area contributed by atoms with Gasteiger partial charge < -0.3 is 4.42 Å². The molecule has 2 aromatic carbocycles. The first kappa shape index (κ1) is 21.3. The molecular weight excluding hydrogens is 426 g/mol. The standard InChI is InChI=1S/C24H19N3O4S/c1-3-14-26-23(28)22(32-24(26)25-17-10-8-16(2)9-11-17)15-18-12-13-21(31-18)19-6-4-5-7-20(19)27(29)30/h3-13,15H,1,14H2,2H3. The predicted octanol–water partition coefficient (Wildman–Crippen LogP) is 5.95. The Morgan fingerprint density at radius 1 is 1.16 bits per heavy atom. The zero-order valence-electron chi connectivity index (χ0n) is 17.2. The molecule has 0 aliphatic carbocycles. The summed E-state index contributed by atoms with van der Waals surface area (Å²) in [4.78, 5) is 30.4. The third kappa shape index (κ3) is 4.40. The predicted molar refractivity (Wildman–Crippen MR) is 127 cm³/mol. The van der Waals surface area contributed by atoms with Crippen LogP contribution in [-0.2, 0) is 4.79 Å². The minimum absolute atomic E-state index is 0.0444. The number of aryl methyl sites for hydroxylation is 1. The van der Waals surface area contributed by atoms with Crippen LogP contribution >= 0.6 is 11.8 Å².